The van der Waals surface area contributed by atoms with E-state index in [0.717, 1.165) is 0 Å². The zero-order valence-electron chi connectivity index (χ0n) is 10.4. The van der Waals surface area contributed by atoms with E-state index in [4.69, 9.17) is 0 Å². The highest BCUT2D eigenvalue weighted by Crippen LogP contribution is 2.44. The number of hydrogen-bond donors (Lipinski definition) is 2. The molecule has 0 bridgehead atoms. The zero-order chi connectivity index (χ0) is 12.7. The van der Waals surface area contributed by atoms with E-state index in [0.29, 0.717) is 17.7 Å². The molecule has 1 aromatic heterocycles. The van der Waals surface area contributed by atoms with Gasteiger partial charge in [0.1, 0.15) is 11.4 Å². The lowest BCUT2D eigenvalue weighted by Crippen LogP contribution is -2.40. The summed E-state index contributed by atoms with van der Waals surface area (Å²) in [5.41, 5.74) is -0.239. The quantitative estimate of drug-likeness (QED) is 0.833. The summed E-state index contributed by atoms with van der Waals surface area (Å²) in [6.07, 6.45) is 6.15. The van der Waals surface area contributed by atoms with Crippen LogP contribution in [0.5, 0.6) is 0 Å². The van der Waals surface area contributed by atoms with Gasteiger partial charge in [0.05, 0.1) is 0 Å². The first-order valence-corrected chi connectivity index (χ1v) is 6.52. The van der Waals surface area contributed by atoms with E-state index in [-0.39, 0.29) is 23.1 Å². The lowest BCUT2D eigenvalue weighted by Gasteiger charge is -2.17. The third kappa shape index (κ3) is 2.30. The fourth-order valence-electron chi connectivity index (χ4n) is 2.41. The van der Waals surface area contributed by atoms with Crippen molar-refractivity contribution in [3.8, 4) is 0 Å². The normalized spacial score (nSPS) is 19.0. The smallest absolute Gasteiger partial charge is 0.263 e. The van der Waals surface area contributed by atoms with Crippen molar-refractivity contribution in [1.29, 1.82) is 0 Å². The van der Waals surface area contributed by atoms with Gasteiger partial charge in [-0.25, -0.2) is 4.98 Å². The van der Waals surface area contributed by atoms with E-state index in [1.165, 1.54) is 31.9 Å². The van der Waals surface area contributed by atoms with Crippen LogP contribution in [0.2, 0.25) is 0 Å². The molecule has 1 heterocycles. The van der Waals surface area contributed by atoms with Crippen molar-refractivity contribution < 1.29 is 4.79 Å². The van der Waals surface area contributed by atoms with Gasteiger partial charge in [0.2, 0.25) is 0 Å². The standard InChI is InChI=1S/C13H17N3O2/c1-7-14-6-10(12(17)15-7)13(18)16-11(8-2-3-8)9-4-5-9/h6,8-9,11H,2-5H2,1H3,(H,16,18)(H,14,15,17). The molecular weight excluding hydrogens is 230 g/mol. The van der Waals surface area contributed by atoms with Crippen LogP contribution in [0.15, 0.2) is 11.0 Å². The van der Waals surface area contributed by atoms with Crippen LogP contribution < -0.4 is 10.9 Å². The van der Waals surface area contributed by atoms with Gasteiger partial charge in [0, 0.05) is 12.2 Å². The van der Waals surface area contributed by atoms with Gasteiger partial charge in [-0.15, -0.1) is 0 Å². The number of rotatable bonds is 4. The SMILES string of the molecule is Cc1ncc(C(=O)NC(C2CC2)C2CC2)c(=O)[nH]1. The van der Waals surface area contributed by atoms with Gasteiger partial charge < -0.3 is 10.3 Å². The van der Waals surface area contributed by atoms with Crippen molar-refractivity contribution in [2.24, 2.45) is 11.8 Å². The molecule has 2 N–H and O–H groups in total. The second-order valence-electron chi connectivity index (χ2n) is 5.39. The Bertz CT molecular complexity index is 517. The molecule has 1 aromatic rings. The molecule has 18 heavy (non-hydrogen) atoms. The van der Waals surface area contributed by atoms with Gasteiger partial charge in [-0.05, 0) is 44.4 Å². The van der Waals surface area contributed by atoms with Gasteiger partial charge in [-0.1, -0.05) is 0 Å². The van der Waals surface area contributed by atoms with Crippen molar-refractivity contribution in [2.45, 2.75) is 38.6 Å². The number of aromatic amines is 1. The number of carbonyl (C=O) groups excluding carboxylic acids is 1. The van der Waals surface area contributed by atoms with Gasteiger partial charge in [-0.2, -0.15) is 0 Å². The third-order valence-electron chi connectivity index (χ3n) is 3.73. The highest BCUT2D eigenvalue weighted by atomic mass is 16.2. The van der Waals surface area contributed by atoms with Crippen LogP contribution in [-0.4, -0.2) is 21.9 Å². The Balaban J connectivity index is 1.75. The Kier molecular flexibility index (Phi) is 2.69. The van der Waals surface area contributed by atoms with Gasteiger partial charge >= 0.3 is 0 Å². The summed E-state index contributed by atoms with van der Waals surface area (Å²) < 4.78 is 0. The Morgan fingerprint density at radius 1 is 1.39 bits per heavy atom. The molecular formula is C13H17N3O2. The van der Waals surface area contributed by atoms with Crippen LogP contribution in [0.25, 0.3) is 0 Å². The van der Waals surface area contributed by atoms with Crippen LogP contribution in [0.3, 0.4) is 0 Å². The molecule has 0 unspecified atom stereocenters. The predicted octanol–water partition coefficient (Wildman–Crippen LogP) is 0.997. The van der Waals surface area contributed by atoms with Crippen LogP contribution >= 0.6 is 0 Å². The van der Waals surface area contributed by atoms with Crippen LogP contribution in [0.1, 0.15) is 41.9 Å². The number of aromatic nitrogens is 2. The van der Waals surface area contributed by atoms with E-state index < -0.39 is 0 Å². The first-order chi connectivity index (χ1) is 8.65. The minimum atomic E-state index is -0.356. The average Bonchev–Trinajstić information content (AvgIpc) is 3.17. The molecule has 5 heteroatoms. The molecule has 0 radical (unpaired) electrons. The minimum absolute atomic E-state index is 0.118. The molecule has 1 amide bonds. The highest BCUT2D eigenvalue weighted by Gasteiger charge is 2.42. The monoisotopic (exact) mass is 247 g/mol. The third-order valence-corrected chi connectivity index (χ3v) is 3.73. The summed E-state index contributed by atoms with van der Waals surface area (Å²) in [5, 5.41) is 3.02. The molecule has 3 rings (SSSR count). The summed E-state index contributed by atoms with van der Waals surface area (Å²) in [4.78, 5) is 30.3. The summed E-state index contributed by atoms with van der Waals surface area (Å²) in [6.45, 7) is 1.69. The van der Waals surface area contributed by atoms with Gasteiger partial charge in [-0.3, -0.25) is 9.59 Å². The maximum absolute atomic E-state index is 12.1. The van der Waals surface area contributed by atoms with E-state index in [9.17, 15) is 9.59 Å². The first-order valence-electron chi connectivity index (χ1n) is 6.52. The van der Waals surface area contributed by atoms with Crippen molar-refractivity contribution in [1.82, 2.24) is 15.3 Å². The van der Waals surface area contributed by atoms with Crippen LogP contribution in [-0.2, 0) is 0 Å². The van der Waals surface area contributed by atoms with Gasteiger partial charge in [0.25, 0.3) is 11.5 Å². The van der Waals surface area contributed by atoms with Crippen LogP contribution in [0.4, 0.5) is 0 Å². The average molecular weight is 247 g/mol. The Hall–Kier alpha value is -1.65. The molecule has 2 saturated carbocycles. The molecule has 2 aliphatic carbocycles. The highest BCUT2D eigenvalue weighted by molar-refractivity contribution is 5.93. The molecule has 0 spiro atoms. The topological polar surface area (TPSA) is 74.8 Å². The van der Waals surface area contributed by atoms with E-state index in [2.05, 4.69) is 15.3 Å². The van der Waals surface area contributed by atoms with Crippen molar-refractivity contribution in [3.05, 3.63) is 27.9 Å². The Morgan fingerprint density at radius 2 is 2.00 bits per heavy atom. The predicted molar refractivity (Wildman–Crippen MR) is 66.3 cm³/mol. The molecule has 0 saturated heterocycles. The fraction of sp³-hybridized carbons (Fsp3) is 0.615. The molecule has 96 valence electrons. The van der Waals surface area contributed by atoms with E-state index in [1.54, 1.807) is 6.92 Å². The summed E-state index contributed by atoms with van der Waals surface area (Å²) >= 11 is 0. The summed E-state index contributed by atoms with van der Waals surface area (Å²) in [6, 6.07) is 0.262. The number of nitrogens with one attached hydrogen (secondary N) is 2. The van der Waals surface area contributed by atoms with Gasteiger partial charge in [0.15, 0.2) is 0 Å². The molecule has 5 nitrogen and oxygen atoms in total. The number of aryl methyl sites for hydroxylation is 1. The summed E-state index contributed by atoms with van der Waals surface area (Å²) in [5.74, 6) is 1.49. The number of amides is 1. The van der Waals surface area contributed by atoms with E-state index >= 15 is 0 Å². The lowest BCUT2D eigenvalue weighted by molar-refractivity contribution is 0.0924. The number of H-pyrrole nitrogens is 1. The van der Waals surface area contributed by atoms with E-state index in [1.807, 2.05) is 0 Å². The second-order valence-corrected chi connectivity index (χ2v) is 5.39. The Morgan fingerprint density at radius 3 is 2.50 bits per heavy atom. The lowest BCUT2D eigenvalue weighted by atomic mass is 10.1. The molecule has 2 aliphatic rings. The minimum Gasteiger partial charge on any atom is -0.349 e. The zero-order valence-corrected chi connectivity index (χ0v) is 10.4. The summed E-state index contributed by atoms with van der Waals surface area (Å²) in [7, 11) is 0. The fourth-order valence-corrected chi connectivity index (χ4v) is 2.41. The van der Waals surface area contributed by atoms with Crippen molar-refractivity contribution in [2.75, 3.05) is 0 Å². The molecule has 2 fully saturated rings. The van der Waals surface area contributed by atoms with Crippen LogP contribution in [0, 0.1) is 18.8 Å². The number of hydrogen-bond acceptors (Lipinski definition) is 3. The molecule has 0 aliphatic heterocycles. The maximum Gasteiger partial charge on any atom is 0.263 e. The molecule has 0 atom stereocenters. The second kappa shape index (κ2) is 4.23. The largest absolute Gasteiger partial charge is 0.349 e. The Labute approximate surface area is 105 Å². The van der Waals surface area contributed by atoms with Crippen molar-refractivity contribution in [3.63, 3.8) is 0 Å². The number of carbonyl (C=O) groups is 1. The maximum atomic E-state index is 12.1. The first kappa shape index (κ1) is 11.4. The molecule has 0 aromatic carbocycles. The van der Waals surface area contributed by atoms with Crippen molar-refractivity contribution >= 4 is 5.91 Å². The number of nitrogens with zero attached hydrogens (tertiary/aromatic N) is 1.